The molecule has 2 aromatic rings. The van der Waals surface area contributed by atoms with Crippen LogP contribution in [0.3, 0.4) is 0 Å². The third-order valence-electron chi connectivity index (χ3n) is 2.29. The van der Waals surface area contributed by atoms with Crippen LogP contribution >= 0.6 is 23.7 Å². The molecule has 0 spiro atoms. The minimum atomic E-state index is -0.578. The molecule has 98 valence electrons. The highest BCUT2D eigenvalue weighted by Gasteiger charge is 2.09. The lowest BCUT2D eigenvalue weighted by Crippen LogP contribution is -2.11. The van der Waals surface area contributed by atoms with E-state index in [1.54, 1.807) is 5.38 Å². The minimum Gasteiger partial charge on any atom is -0.311 e. The monoisotopic (exact) mass is 290 g/mol. The second kappa shape index (κ2) is 6.78. The molecule has 0 atom stereocenters. The SMILES string of the molecule is CCNCc1nc(-c2ccc(F)cc2F)cs1.Cl. The first-order chi connectivity index (χ1) is 8.20. The Morgan fingerprint density at radius 1 is 1.33 bits per heavy atom. The van der Waals surface area contributed by atoms with Gasteiger partial charge in [0.1, 0.15) is 16.6 Å². The molecule has 0 aliphatic heterocycles. The fourth-order valence-corrected chi connectivity index (χ4v) is 2.21. The lowest BCUT2D eigenvalue weighted by Gasteiger charge is -1.99. The molecule has 1 aromatic heterocycles. The van der Waals surface area contributed by atoms with E-state index in [-0.39, 0.29) is 12.4 Å². The van der Waals surface area contributed by atoms with Gasteiger partial charge in [0.2, 0.25) is 0 Å². The molecule has 2 rings (SSSR count). The number of hydrogen-bond acceptors (Lipinski definition) is 3. The summed E-state index contributed by atoms with van der Waals surface area (Å²) in [6.07, 6.45) is 0. The molecule has 0 saturated heterocycles. The van der Waals surface area contributed by atoms with Crippen LogP contribution in [0.15, 0.2) is 23.6 Å². The minimum absolute atomic E-state index is 0. The molecule has 0 amide bonds. The summed E-state index contributed by atoms with van der Waals surface area (Å²) in [4.78, 5) is 4.30. The van der Waals surface area contributed by atoms with E-state index < -0.39 is 11.6 Å². The van der Waals surface area contributed by atoms with Crippen LogP contribution in [0.2, 0.25) is 0 Å². The van der Waals surface area contributed by atoms with Crippen molar-refractivity contribution in [1.82, 2.24) is 10.3 Å². The van der Waals surface area contributed by atoms with Crippen LogP contribution in [0.4, 0.5) is 8.78 Å². The third kappa shape index (κ3) is 3.48. The molecule has 0 bridgehead atoms. The van der Waals surface area contributed by atoms with Crippen LogP contribution in [0.5, 0.6) is 0 Å². The van der Waals surface area contributed by atoms with E-state index in [1.165, 1.54) is 23.5 Å². The molecule has 0 saturated carbocycles. The molecular formula is C12H13ClF2N2S. The molecule has 1 heterocycles. The maximum absolute atomic E-state index is 13.5. The lowest BCUT2D eigenvalue weighted by molar-refractivity contribution is 0.585. The van der Waals surface area contributed by atoms with Crippen molar-refractivity contribution in [3.05, 3.63) is 40.2 Å². The Labute approximate surface area is 114 Å². The van der Waals surface area contributed by atoms with Crippen molar-refractivity contribution in [2.75, 3.05) is 6.54 Å². The number of rotatable bonds is 4. The maximum Gasteiger partial charge on any atom is 0.135 e. The molecule has 0 aliphatic carbocycles. The van der Waals surface area contributed by atoms with E-state index in [1.807, 2.05) is 6.92 Å². The third-order valence-corrected chi connectivity index (χ3v) is 3.13. The number of thiazole rings is 1. The van der Waals surface area contributed by atoms with Crippen LogP contribution in [-0.2, 0) is 6.54 Å². The van der Waals surface area contributed by atoms with Gasteiger partial charge >= 0.3 is 0 Å². The molecule has 2 nitrogen and oxygen atoms in total. The number of benzene rings is 1. The predicted octanol–water partition coefficient (Wildman–Crippen LogP) is 3.62. The highest BCUT2D eigenvalue weighted by molar-refractivity contribution is 7.09. The Morgan fingerprint density at radius 2 is 2.11 bits per heavy atom. The average Bonchev–Trinajstić information content (AvgIpc) is 2.75. The number of nitrogens with one attached hydrogen (secondary N) is 1. The van der Waals surface area contributed by atoms with Crippen LogP contribution in [0, 0.1) is 11.6 Å². The Morgan fingerprint density at radius 3 is 2.78 bits per heavy atom. The summed E-state index contributed by atoms with van der Waals surface area (Å²) in [5.41, 5.74) is 0.894. The largest absolute Gasteiger partial charge is 0.311 e. The fourth-order valence-electron chi connectivity index (χ4n) is 1.44. The van der Waals surface area contributed by atoms with E-state index in [4.69, 9.17) is 0 Å². The molecule has 1 N–H and O–H groups in total. The van der Waals surface area contributed by atoms with Gasteiger partial charge in [0.15, 0.2) is 0 Å². The summed E-state index contributed by atoms with van der Waals surface area (Å²) >= 11 is 1.46. The van der Waals surface area contributed by atoms with Crippen molar-refractivity contribution in [2.45, 2.75) is 13.5 Å². The topological polar surface area (TPSA) is 24.9 Å². The predicted molar refractivity (Wildman–Crippen MR) is 72.1 cm³/mol. The van der Waals surface area contributed by atoms with Crippen LogP contribution in [0.1, 0.15) is 11.9 Å². The normalized spacial score (nSPS) is 10.2. The molecule has 0 radical (unpaired) electrons. The summed E-state index contributed by atoms with van der Waals surface area (Å²) in [6, 6.07) is 3.52. The smallest absolute Gasteiger partial charge is 0.135 e. The molecular weight excluding hydrogens is 278 g/mol. The highest BCUT2D eigenvalue weighted by atomic mass is 35.5. The lowest BCUT2D eigenvalue weighted by atomic mass is 10.1. The molecule has 0 aliphatic rings. The van der Waals surface area contributed by atoms with Crippen molar-refractivity contribution in [1.29, 1.82) is 0 Å². The van der Waals surface area contributed by atoms with Gasteiger partial charge in [-0.1, -0.05) is 6.92 Å². The van der Waals surface area contributed by atoms with Gasteiger partial charge in [-0.15, -0.1) is 23.7 Å². The first-order valence-corrected chi connectivity index (χ1v) is 6.19. The first-order valence-electron chi connectivity index (χ1n) is 5.31. The van der Waals surface area contributed by atoms with E-state index in [2.05, 4.69) is 10.3 Å². The molecule has 6 heteroatoms. The summed E-state index contributed by atoms with van der Waals surface area (Å²) in [6.45, 7) is 3.54. The Bertz CT molecular complexity index is 517. The number of halogens is 3. The Balaban J connectivity index is 0.00000162. The number of nitrogens with zero attached hydrogens (tertiary/aromatic N) is 1. The standard InChI is InChI=1S/C12H12F2N2S.ClH/c1-2-15-6-12-16-11(7-17-12)9-4-3-8(13)5-10(9)14;/h3-5,7,15H,2,6H2,1H3;1H. The van der Waals surface area contributed by atoms with Gasteiger partial charge in [0, 0.05) is 23.6 Å². The van der Waals surface area contributed by atoms with E-state index in [9.17, 15) is 8.78 Å². The summed E-state index contributed by atoms with van der Waals surface area (Å²) < 4.78 is 26.3. The van der Waals surface area contributed by atoms with E-state index in [0.717, 1.165) is 17.6 Å². The van der Waals surface area contributed by atoms with Crippen molar-refractivity contribution in [2.24, 2.45) is 0 Å². The Hall–Kier alpha value is -1.04. The number of hydrogen-bond donors (Lipinski definition) is 1. The van der Waals surface area contributed by atoms with Crippen LogP contribution < -0.4 is 5.32 Å². The quantitative estimate of drug-likeness (QED) is 0.930. The van der Waals surface area contributed by atoms with Gasteiger partial charge in [-0.25, -0.2) is 13.8 Å². The fraction of sp³-hybridized carbons (Fsp3) is 0.250. The maximum atomic E-state index is 13.5. The molecule has 0 unspecified atom stereocenters. The summed E-state index contributed by atoms with van der Waals surface area (Å²) in [7, 11) is 0. The second-order valence-electron chi connectivity index (χ2n) is 3.53. The van der Waals surface area contributed by atoms with Crippen molar-refractivity contribution in [3.8, 4) is 11.3 Å². The van der Waals surface area contributed by atoms with Gasteiger partial charge in [-0.2, -0.15) is 0 Å². The molecule has 1 aromatic carbocycles. The van der Waals surface area contributed by atoms with Gasteiger partial charge in [-0.3, -0.25) is 0 Å². The highest BCUT2D eigenvalue weighted by Crippen LogP contribution is 2.25. The van der Waals surface area contributed by atoms with Gasteiger partial charge < -0.3 is 5.32 Å². The number of aromatic nitrogens is 1. The zero-order valence-corrected chi connectivity index (χ0v) is 11.4. The molecule has 18 heavy (non-hydrogen) atoms. The van der Waals surface area contributed by atoms with E-state index in [0.29, 0.717) is 17.8 Å². The van der Waals surface area contributed by atoms with Crippen LogP contribution in [0.25, 0.3) is 11.3 Å². The average molecular weight is 291 g/mol. The van der Waals surface area contributed by atoms with Crippen molar-refractivity contribution < 1.29 is 8.78 Å². The van der Waals surface area contributed by atoms with Crippen molar-refractivity contribution >= 4 is 23.7 Å². The van der Waals surface area contributed by atoms with Crippen molar-refractivity contribution in [3.63, 3.8) is 0 Å². The van der Waals surface area contributed by atoms with E-state index >= 15 is 0 Å². The Kier molecular flexibility index (Phi) is 5.65. The summed E-state index contributed by atoms with van der Waals surface area (Å²) in [5.74, 6) is -1.15. The van der Waals surface area contributed by atoms with Gasteiger partial charge in [-0.05, 0) is 18.7 Å². The van der Waals surface area contributed by atoms with Gasteiger partial charge in [0.05, 0.1) is 5.69 Å². The first kappa shape index (κ1) is 15.0. The zero-order chi connectivity index (χ0) is 12.3. The zero-order valence-electron chi connectivity index (χ0n) is 9.74. The van der Waals surface area contributed by atoms with Gasteiger partial charge in [0.25, 0.3) is 0 Å². The molecule has 0 fully saturated rings. The summed E-state index contributed by atoms with van der Waals surface area (Å²) in [5, 5.41) is 5.82. The second-order valence-corrected chi connectivity index (χ2v) is 4.47. The van der Waals surface area contributed by atoms with Crippen LogP contribution in [-0.4, -0.2) is 11.5 Å².